The maximum Gasteiger partial charge on any atom is 0.255 e. The van der Waals surface area contributed by atoms with Gasteiger partial charge in [0.2, 0.25) is 5.91 Å². The second-order valence-corrected chi connectivity index (χ2v) is 6.19. The molecule has 1 saturated heterocycles. The normalized spacial score (nSPS) is 14.0. The molecule has 0 radical (unpaired) electrons. The van der Waals surface area contributed by atoms with E-state index in [0.29, 0.717) is 24.3 Å². The predicted molar refractivity (Wildman–Crippen MR) is 100 cm³/mol. The van der Waals surface area contributed by atoms with Crippen molar-refractivity contribution < 1.29 is 9.59 Å². The monoisotopic (exact) mass is 338 g/mol. The van der Waals surface area contributed by atoms with Crippen LogP contribution in [0.15, 0.2) is 48.5 Å². The first-order valence-electron chi connectivity index (χ1n) is 8.24. The molecule has 0 atom stereocenters. The molecule has 25 heavy (non-hydrogen) atoms. The third-order valence-corrected chi connectivity index (χ3v) is 4.16. The third kappa shape index (κ3) is 3.91. The molecule has 0 saturated carbocycles. The van der Waals surface area contributed by atoms with Gasteiger partial charge in [0.15, 0.2) is 0 Å². The Morgan fingerprint density at radius 3 is 2.72 bits per heavy atom. The lowest BCUT2D eigenvalue weighted by Gasteiger charge is -2.30. The number of benzene rings is 2. The van der Waals surface area contributed by atoms with Crippen molar-refractivity contribution in [2.75, 3.05) is 48.8 Å². The Hall–Kier alpha value is -3.02. The first-order valence-corrected chi connectivity index (χ1v) is 8.24. The molecule has 0 bridgehead atoms. The fourth-order valence-corrected chi connectivity index (χ4v) is 2.82. The molecule has 1 aliphatic heterocycles. The fraction of sp³-hybridized carbons (Fsp3) is 0.263. The van der Waals surface area contributed by atoms with Crippen LogP contribution >= 0.6 is 0 Å². The number of hydrogen-bond donors (Lipinski definition) is 2. The molecular weight excluding hydrogens is 316 g/mol. The van der Waals surface area contributed by atoms with Crippen molar-refractivity contribution in [1.29, 1.82) is 0 Å². The van der Waals surface area contributed by atoms with Crippen molar-refractivity contribution in [3.05, 3.63) is 54.1 Å². The minimum atomic E-state index is -0.169. The lowest BCUT2D eigenvalue weighted by molar-refractivity contribution is -0.120. The number of carbonyl (C=O) groups is 2. The van der Waals surface area contributed by atoms with Crippen LogP contribution in [0.3, 0.4) is 0 Å². The average molecular weight is 338 g/mol. The highest BCUT2D eigenvalue weighted by Gasteiger charge is 2.19. The van der Waals surface area contributed by atoms with E-state index in [9.17, 15) is 9.59 Å². The zero-order valence-corrected chi connectivity index (χ0v) is 14.5. The van der Waals surface area contributed by atoms with Gasteiger partial charge in [-0.2, -0.15) is 0 Å². The number of nitrogens with zero attached hydrogens (tertiary/aromatic N) is 2. The van der Waals surface area contributed by atoms with Crippen molar-refractivity contribution in [1.82, 2.24) is 5.32 Å². The van der Waals surface area contributed by atoms with Gasteiger partial charge >= 0.3 is 0 Å². The van der Waals surface area contributed by atoms with Gasteiger partial charge in [0.25, 0.3) is 5.91 Å². The molecule has 0 spiro atoms. The maximum atomic E-state index is 12.7. The summed E-state index contributed by atoms with van der Waals surface area (Å²) >= 11 is 0. The molecule has 1 heterocycles. The Kier molecular flexibility index (Phi) is 4.88. The lowest BCUT2D eigenvalue weighted by Crippen LogP contribution is -2.47. The molecule has 2 aromatic carbocycles. The summed E-state index contributed by atoms with van der Waals surface area (Å²) in [6, 6.07) is 15.0. The third-order valence-electron chi connectivity index (χ3n) is 4.16. The molecule has 3 rings (SSSR count). The van der Waals surface area contributed by atoms with E-state index in [1.807, 2.05) is 66.4 Å². The number of hydrogen-bond acceptors (Lipinski definition) is 4. The van der Waals surface area contributed by atoms with Gasteiger partial charge in [0.05, 0.1) is 17.9 Å². The SMILES string of the molecule is CN(C)c1cccc(C(=O)Nc2ccccc2N2CCNC(=O)C2)c1. The summed E-state index contributed by atoms with van der Waals surface area (Å²) in [7, 11) is 3.88. The number of amides is 2. The molecule has 0 unspecified atom stereocenters. The first kappa shape index (κ1) is 16.8. The van der Waals surface area contributed by atoms with Gasteiger partial charge in [-0.15, -0.1) is 0 Å². The van der Waals surface area contributed by atoms with Crippen LogP contribution in [-0.4, -0.2) is 45.5 Å². The van der Waals surface area contributed by atoms with Gasteiger partial charge in [0, 0.05) is 38.4 Å². The predicted octanol–water partition coefficient (Wildman–Crippen LogP) is 1.94. The molecule has 2 aromatic rings. The van der Waals surface area contributed by atoms with Gasteiger partial charge in [-0.1, -0.05) is 18.2 Å². The molecular formula is C19H22N4O2. The molecule has 6 heteroatoms. The molecule has 130 valence electrons. The van der Waals surface area contributed by atoms with E-state index in [0.717, 1.165) is 17.9 Å². The Morgan fingerprint density at radius 1 is 1.16 bits per heavy atom. The van der Waals surface area contributed by atoms with Gasteiger partial charge in [-0.3, -0.25) is 9.59 Å². The Balaban J connectivity index is 1.82. The second kappa shape index (κ2) is 7.25. The topological polar surface area (TPSA) is 64.7 Å². The van der Waals surface area contributed by atoms with Crippen LogP contribution in [0.5, 0.6) is 0 Å². The number of para-hydroxylation sites is 2. The van der Waals surface area contributed by atoms with E-state index >= 15 is 0 Å². The van der Waals surface area contributed by atoms with Gasteiger partial charge in [0.1, 0.15) is 0 Å². The van der Waals surface area contributed by atoms with Crippen LogP contribution in [0.2, 0.25) is 0 Å². The molecule has 2 N–H and O–H groups in total. The highest BCUT2D eigenvalue weighted by molar-refractivity contribution is 6.06. The first-order chi connectivity index (χ1) is 12.0. The molecule has 0 aromatic heterocycles. The van der Waals surface area contributed by atoms with Crippen LogP contribution in [-0.2, 0) is 4.79 Å². The molecule has 6 nitrogen and oxygen atoms in total. The zero-order chi connectivity index (χ0) is 17.8. The summed E-state index contributed by atoms with van der Waals surface area (Å²) in [5.74, 6) is -0.177. The van der Waals surface area contributed by atoms with Crippen LogP contribution in [0.25, 0.3) is 0 Å². The van der Waals surface area contributed by atoms with E-state index in [-0.39, 0.29) is 11.8 Å². The minimum Gasteiger partial charge on any atom is -0.378 e. The summed E-state index contributed by atoms with van der Waals surface area (Å²) in [5.41, 5.74) is 3.12. The van der Waals surface area contributed by atoms with Crippen molar-refractivity contribution in [3.63, 3.8) is 0 Å². The number of nitrogens with one attached hydrogen (secondary N) is 2. The quantitative estimate of drug-likeness (QED) is 0.894. The van der Waals surface area contributed by atoms with E-state index < -0.39 is 0 Å². The summed E-state index contributed by atoms with van der Waals surface area (Å²) in [6.07, 6.45) is 0. The summed E-state index contributed by atoms with van der Waals surface area (Å²) < 4.78 is 0. The summed E-state index contributed by atoms with van der Waals surface area (Å²) in [4.78, 5) is 28.3. The lowest BCUT2D eigenvalue weighted by atomic mass is 10.1. The van der Waals surface area contributed by atoms with Crippen molar-refractivity contribution in [3.8, 4) is 0 Å². The fourth-order valence-electron chi connectivity index (χ4n) is 2.82. The maximum absolute atomic E-state index is 12.7. The van der Waals surface area contributed by atoms with Crippen LogP contribution < -0.4 is 20.4 Å². The molecule has 1 aliphatic rings. The molecule has 1 fully saturated rings. The van der Waals surface area contributed by atoms with Gasteiger partial charge < -0.3 is 20.4 Å². The Labute approximate surface area is 147 Å². The molecule has 0 aliphatic carbocycles. The standard InChI is InChI=1S/C19H22N4O2/c1-22(2)15-7-5-6-14(12-15)19(25)21-16-8-3-4-9-17(16)23-11-10-20-18(24)13-23/h3-9,12H,10-11,13H2,1-2H3,(H,20,24)(H,21,25). The van der Waals surface area contributed by atoms with E-state index in [2.05, 4.69) is 10.6 Å². The van der Waals surface area contributed by atoms with E-state index in [4.69, 9.17) is 0 Å². The number of piperazine rings is 1. The van der Waals surface area contributed by atoms with Crippen molar-refractivity contribution in [2.24, 2.45) is 0 Å². The van der Waals surface area contributed by atoms with Crippen LogP contribution in [0.1, 0.15) is 10.4 Å². The zero-order valence-electron chi connectivity index (χ0n) is 14.5. The van der Waals surface area contributed by atoms with Gasteiger partial charge in [-0.05, 0) is 30.3 Å². The van der Waals surface area contributed by atoms with Crippen LogP contribution in [0.4, 0.5) is 17.1 Å². The van der Waals surface area contributed by atoms with E-state index in [1.165, 1.54) is 0 Å². The minimum absolute atomic E-state index is 0.00827. The van der Waals surface area contributed by atoms with Crippen LogP contribution in [0, 0.1) is 0 Å². The Morgan fingerprint density at radius 2 is 1.96 bits per heavy atom. The van der Waals surface area contributed by atoms with E-state index in [1.54, 1.807) is 6.07 Å². The summed E-state index contributed by atoms with van der Waals surface area (Å²) in [6.45, 7) is 1.61. The van der Waals surface area contributed by atoms with Gasteiger partial charge in [-0.25, -0.2) is 0 Å². The number of rotatable bonds is 4. The highest BCUT2D eigenvalue weighted by atomic mass is 16.2. The number of carbonyl (C=O) groups excluding carboxylic acids is 2. The second-order valence-electron chi connectivity index (χ2n) is 6.19. The average Bonchev–Trinajstić information content (AvgIpc) is 2.62. The van der Waals surface area contributed by atoms with Crippen molar-refractivity contribution >= 4 is 28.9 Å². The highest BCUT2D eigenvalue weighted by Crippen LogP contribution is 2.26. The number of anilines is 3. The smallest absolute Gasteiger partial charge is 0.255 e. The Bertz CT molecular complexity index is 788. The largest absolute Gasteiger partial charge is 0.378 e. The summed E-state index contributed by atoms with van der Waals surface area (Å²) in [5, 5.41) is 5.79. The van der Waals surface area contributed by atoms with Crippen molar-refractivity contribution in [2.45, 2.75) is 0 Å². The molecule has 2 amide bonds.